The Bertz CT molecular complexity index is 1550. The number of carbonyl (C=O) groups excluding carboxylic acids is 1. The first-order valence-corrected chi connectivity index (χ1v) is 13.6. The Morgan fingerprint density at radius 3 is 2.67 bits per heavy atom. The Balaban J connectivity index is 1.11. The number of carbonyl (C=O) groups is 1. The third kappa shape index (κ3) is 5.79. The average molecular weight is 541 g/mol. The van der Waals surface area contributed by atoms with E-state index in [0.29, 0.717) is 37.0 Å². The smallest absolute Gasteiger partial charge is 0.264 e. The number of hydrogen-bond donors (Lipinski definition) is 0. The highest BCUT2D eigenvalue weighted by molar-refractivity contribution is 7.13. The number of amides is 1. The highest BCUT2D eigenvalue weighted by atomic mass is 32.1. The third-order valence-electron chi connectivity index (χ3n) is 6.98. The minimum absolute atomic E-state index is 0.0411. The van der Waals surface area contributed by atoms with E-state index in [0.717, 1.165) is 21.4 Å². The van der Waals surface area contributed by atoms with Crippen LogP contribution in [-0.4, -0.2) is 40.3 Å². The van der Waals surface area contributed by atoms with E-state index in [-0.39, 0.29) is 25.2 Å². The molecule has 6 rings (SSSR count). The van der Waals surface area contributed by atoms with Gasteiger partial charge < -0.3 is 28.8 Å². The number of piperidine rings is 1. The second-order valence-electron chi connectivity index (χ2n) is 9.48. The molecule has 1 aliphatic rings. The van der Waals surface area contributed by atoms with Gasteiger partial charge in [0.15, 0.2) is 6.61 Å². The lowest BCUT2D eigenvalue weighted by Crippen LogP contribution is -2.51. The molecule has 1 amide bonds. The first-order valence-electron chi connectivity index (χ1n) is 12.8. The molecule has 2 aromatic heterocycles. The number of benzene rings is 3. The highest BCUT2D eigenvalue weighted by Crippen LogP contribution is 2.32. The molecule has 198 valence electrons. The lowest BCUT2D eigenvalue weighted by Gasteiger charge is -2.40. The number of likely N-dealkylation sites (tertiary alicyclic amines) is 1. The fourth-order valence-electron chi connectivity index (χ4n) is 4.94. The summed E-state index contributed by atoms with van der Waals surface area (Å²) in [5.41, 5.74) is 2.12. The van der Waals surface area contributed by atoms with Crippen LogP contribution in [0.4, 0.5) is 4.79 Å². The van der Waals surface area contributed by atoms with Gasteiger partial charge in [0.2, 0.25) is 5.82 Å². The van der Waals surface area contributed by atoms with Crippen molar-refractivity contribution in [2.45, 2.75) is 31.7 Å². The zero-order valence-corrected chi connectivity index (χ0v) is 21.9. The van der Waals surface area contributed by atoms with Crippen LogP contribution in [0.2, 0.25) is 0 Å². The molecule has 0 radical (unpaired) electrons. The van der Waals surface area contributed by atoms with Gasteiger partial charge in [-0.25, -0.2) is 0 Å². The van der Waals surface area contributed by atoms with Crippen molar-refractivity contribution < 1.29 is 23.9 Å². The van der Waals surface area contributed by atoms with Crippen LogP contribution >= 0.6 is 11.3 Å². The molecule has 2 unspecified atom stereocenters. The van der Waals surface area contributed by atoms with E-state index in [4.69, 9.17) is 14.0 Å². The van der Waals surface area contributed by atoms with Gasteiger partial charge in [-0.15, -0.1) is 11.3 Å². The number of rotatable bonds is 8. The zero-order chi connectivity index (χ0) is 26.6. The summed E-state index contributed by atoms with van der Waals surface area (Å²) in [5, 5.41) is 19.9. The fourth-order valence-corrected chi connectivity index (χ4v) is 5.59. The average Bonchev–Trinajstić information content (AvgIpc) is 3.68. The Morgan fingerprint density at radius 2 is 1.87 bits per heavy atom. The third-order valence-corrected chi connectivity index (χ3v) is 7.84. The molecule has 2 atom stereocenters. The number of thiophene rings is 1. The molecule has 3 heterocycles. The summed E-state index contributed by atoms with van der Waals surface area (Å²) in [7, 11) is 0. The summed E-state index contributed by atoms with van der Waals surface area (Å²) in [6.07, 6.45) is -0.826. The second-order valence-corrected chi connectivity index (χ2v) is 10.4. The SMILES string of the molecule is O=C([O-])N1CCC(c2ccc(OCc3nc(-c4cccs4)no3)cc2)C(OCc2ccc3ccccc3c2)C1. The van der Waals surface area contributed by atoms with Crippen molar-refractivity contribution in [1.29, 1.82) is 0 Å². The molecule has 0 aliphatic carbocycles. The van der Waals surface area contributed by atoms with E-state index in [1.807, 2.05) is 53.9 Å². The van der Waals surface area contributed by atoms with Crippen LogP contribution in [0.15, 0.2) is 88.8 Å². The van der Waals surface area contributed by atoms with Gasteiger partial charge in [0.25, 0.3) is 5.89 Å². The Hall–Kier alpha value is -4.21. The highest BCUT2D eigenvalue weighted by Gasteiger charge is 2.31. The molecule has 3 aromatic carbocycles. The first-order chi connectivity index (χ1) is 19.1. The van der Waals surface area contributed by atoms with E-state index >= 15 is 0 Å². The summed E-state index contributed by atoms with van der Waals surface area (Å²) in [5.74, 6) is 1.67. The van der Waals surface area contributed by atoms with Crippen molar-refractivity contribution in [2.75, 3.05) is 13.1 Å². The van der Waals surface area contributed by atoms with Gasteiger partial charge in [0.1, 0.15) is 11.8 Å². The molecule has 9 heteroatoms. The maximum Gasteiger partial charge on any atom is 0.264 e. The number of fused-ring (bicyclic) bond motifs is 1. The van der Waals surface area contributed by atoms with Crippen LogP contribution in [0.1, 0.15) is 29.4 Å². The maximum atomic E-state index is 11.6. The van der Waals surface area contributed by atoms with Crippen molar-refractivity contribution in [2.24, 2.45) is 0 Å². The van der Waals surface area contributed by atoms with Gasteiger partial charge in [0.05, 0.1) is 17.6 Å². The molecule has 39 heavy (non-hydrogen) atoms. The van der Waals surface area contributed by atoms with Crippen molar-refractivity contribution in [3.8, 4) is 16.5 Å². The molecule has 1 saturated heterocycles. The van der Waals surface area contributed by atoms with Crippen molar-refractivity contribution in [3.05, 3.63) is 101 Å². The van der Waals surface area contributed by atoms with Gasteiger partial charge in [-0.3, -0.25) is 0 Å². The normalized spacial score (nSPS) is 17.4. The largest absolute Gasteiger partial charge is 0.530 e. The van der Waals surface area contributed by atoms with E-state index in [1.54, 1.807) is 11.3 Å². The summed E-state index contributed by atoms with van der Waals surface area (Å²) in [4.78, 5) is 18.2. The molecule has 0 spiro atoms. The number of carboxylic acid groups (broad SMARTS) is 1. The fraction of sp³-hybridized carbons (Fsp3) is 0.233. The predicted octanol–water partition coefficient (Wildman–Crippen LogP) is 5.25. The van der Waals surface area contributed by atoms with E-state index < -0.39 is 6.09 Å². The molecule has 5 aromatic rings. The predicted molar refractivity (Wildman–Crippen MR) is 145 cm³/mol. The van der Waals surface area contributed by atoms with Gasteiger partial charge in [0, 0.05) is 19.0 Å². The Labute approximate surface area is 229 Å². The molecule has 0 N–H and O–H groups in total. The minimum Gasteiger partial charge on any atom is -0.530 e. The second kappa shape index (κ2) is 11.3. The Morgan fingerprint density at radius 1 is 1.03 bits per heavy atom. The van der Waals surface area contributed by atoms with E-state index in [9.17, 15) is 9.90 Å². The molecule has 0 bridgehead atoms. The van der Waals surface area contributed by atoms with Crippen LogP contribution in [0.3, 0.4) is 0 Å². The van der Waals surface area contributed by atoms with Crippen LogP contribution in [0, 0.1) is 0 Å². The molecular weight excluding hydrogens is 514 g/mol. The summed E-state index contributed by atoms with van der Waals surface area (Å²) in [6, 6.07) is 26.1. The van der Waals surface area contributed by atoms with Gasteiger partial charge in [-0.05, 0) is 58.0 Å². The minimum atomic E-state index is -1.17. The molecule has 1 aliphatic heterocycles. The van der Waals surface area contributed by atoms with E-state index in [1.165, 1.54) is 10.3 Å². The molecular formula is C30H26N3O5S-. The standard InChI is InChI=1S/C30H27N3O5S/c34-30(35)33-14-13-25(26(17-33)37-18-20-7-8-21-4-1-2-5-23(21)16-20)22-9-11-24(12-10-22)36-19-28-31-29(32-38-28)27-6-3-15-39-27/h1-12,15-16,25-26H,13-14,17-19H2,(H,34,35)/p-1. The molecule has 1 fully saturated rings. The number of hydrogen-bond acceptors (Lipinski definition) is 8. The summed E-state index contributed by atoms with van der Waals surface area (Å²) >= 11 is 1.55. The number of nitrogens with zero attached hydrogens (tertiary/aromatic N) is 3. The first kappa shape index (κ1) is 25.1. The number of aromatic nitrogens is 2. The van der Waals surface area contributed by atoms with Gasteiger partial charge in [-0.2, -0.15) is 4.98 Å². The lowest BCUT2D eigenvalue weighted by atomic mass is 9.87. The number of ether oxygens (including phenoxy) is 2. The van der Waals surface area contributed by atoms with Crippen LogP contribution < -0.4 is 9.84 Å². The lowest BCUT2D eigenvalue weighted by molar-refractivity contribution is -0.268. The topological polar surface area (TPSA) is 101 Å². The van der Waals surface area contributed by atoms with Crippen molar-refractivity contribution in [1.82, 2.24) is 15.0 Å². The van der Waals surface area contributed by atoms with Crippen molar-refractivity contribution in [3.63, 3.8) is 0 Å². The van der Waals surface area contributed by atoms with Crippen LogP contribution in [0.5, 0.6) is 5.75 Å². The molecule has 8 nitrogen and oxygen atoms in total. The van der Waals surface area contributed by atoms with Gasteiger partial charge in [-0.1, -0.05) is 59.8 Å². The van der Waals surface area contributed by atoms with Crippen LogP contribution in [0.25, 0.3) is 21.5 Å². The van der Waals surface area contributed by atoms with Crippen molar-refractivity contribution >= 4 is 28.2 Å². The summed E-state index contributed by atoms with van der Waals surface area (Å²) < 4.78 is 17.5. The Kier molecular flexibility index (Phi) is 7.25. The molecule has 0 saturated carbocycles. The maximum absolute atomic E-state index is 11.6. The quantitative estimate of drug-likeness (QED) is 0.265. The van der Waals surface area contributed by atoms with E-state index in [2.05, 4.69) is 40.5 Å². The van der Waals surface area contributed by atoms with Crippen LogP contribution in [-0.2, 0) is 18.0 Å². The monoisotopic (exact) mass is 540 g/mol. The van der Waals surface area contributed by atoms with Gasteiger partial charge >= 0.3 is 0 Å². The summed E-state index contributed by atoms with van der Waals surface area (Å²) in [6.45, 7) is 1.23. The zero-order valence-electron chi connectivity index (χ0n) is 21.1.